The van der Waals surface area contributed by atoms with Gasteiger partial charge in [0.1, 0.15) is 17.7 Å². The zero-order valence-corrected chi connectivity index (χ0v) is 17.4. The van der Waals surface area contributed by atoms with E-state index in [0.29, 0.717) is 6.04 Å². The highest BCUT2D eigenvalue weighted by Gasteiger charge is 2.43. The topological polar surface area (TPSA) is 122 Å². The predicted octanol–water partition coefficient (Wildman–Crippen LogP) is 2.52. The first-order chi connectivity index (χ1) is 15.9. The van der Waals surface area contributed by atoms with Crippen molar-refractivity contribution >= 4 is 27.6 Å². The molecule has 1 aliphatic heterocycles. The number of hydrogen-bond donors (Lipinski definition) is 3. The number of H-pyrrole nitrogens is 1. The van der Waals surface area contributed by atoms with Crippen molar-refractivity contribution in [3.8, 4) is 12.1 Å². The lowest BCUT2D eigenvalue weighted by atomic mass is 9.97. The van der Waals surface area contributed by atoms with Gasteiger partial charge in [-0.1, -0.05) is 0 Å². The number of amides is 1. The number of halogens is 2. The Labute approximate surface area is 187 Å². The minimum Gasteiger partial charge on any atom is -0.339 e. The van der Waals surface area contributed by atoms with Gasteiger partial charge in [-0.15, -0.1) is 0 Å². The highest BCUT2D eigenvalue weighted by molar-refractivity contribution is 6.06. The summed E-state index contributed by atoms with van der Waals surface area (Å²) in [6.45, 7) is 0. The maximum atomic E-state index is 15.0. The Morgan fingerprint density at radius 3 is 2.61 bits per heavy atom. The monoisotopic (exact) mass is 447 g/mol. The van der Waals surface area contributed by atoms with Crippen LogP contribution in [0.25, 0.3) is 21.7 Å². The molecule has 1 amide bonds. The molecule has 5 rings (SSSR count). The van der Waals surface area contributed by atoms with E-state index in [9.17, 15) is 19.2 Å². The molecule has 4 atom stereocenters. The smallest absolute Gasteiger partial charge is 0.256 e. The molecular weight excluding hydrogens is 428 g/mol. The Balaban J connectivity index is 1.47. The Bertz CT molecular complexity index is 1450. The number of carbonyl (C=O) groups is 1. The van der Waals surface area contributed by atoms with Crippen LogP contribution in [0.15, 0.2) is 29.1 Å². The first-order valence-electron chi connectivity index (χ1n) is 10.7. The molecule has 3 aromatic rings. The van der Waals surface area contributed by atoms with Crippen LogP contribution < -0.4 is 16.2 Å². The van der Waals surface area contributed by atoms with Crippen LogP contribution in [-0.2, 0) is 11.2 Å². The van der Waals surface area contributed by atoms with Crippen molar-refractivity contribution in [3.05, 3.63) is 57.4 Å². The Morgan fingerprint density at radius 2 is 1.94 bits per heavy atom. The number of hydrogen-bond acceptors (Lipinski definition) is 5. The number of rotatable bonds is 4. The number of carbonyl (C=O) groups excluding carboxylic acids is 1. The van der Waals surface area contributed by atoms with Crippen molar-refractivity contribution in [3.63, 3.8) is 0 Å². The number of aromatic nitrogens is 1. The van der Waals surface area contributed by atoms with E-state index in [1.165, 1.54) is 12.1 Å². The van der Waals surface area contributed by atoms with E-state index >= 15 is 4.39 Å². The fraction of sp³-hybridized carbons (Fsp3) is 0.333. The zero-order valence-electron chi connectivity index (χ0n) is 17.4. The van der Waals surface area contributed by atoms with Crippen molar-refractivity contribution in [1.29, 1.82) is 10.5 Å². The molecule has 0 radical (unpaired) electrons. The summed E-state index contributed by atoms with van der Waals surface area (Å²) < 4.78 is 29.4. The van der Waals surface area contributed by atoms with E-state index in [2.05, 4.69) is 15.6 Å². The third kappa shape index (κ3) is 3.61. The van der Waals surface area contributed by atoms with Gasteiger partial charge >= 0.3 is 0 Å². The molecule has 2 bridgehead atoms. The van der Waals surface area contributed by atoms with E-state index in [1.807, 2.05) is 12.1 Å². The number of aromatic amines is 1. The number of nitrogens with one attached hydrogen (secondary N) is 3. The third-order valence-corrected chi connectivity index (χ3v) is 6.72. The molecule has 3 N–H and O–H groups in total. The second kappa shape index (κ2) is 7.95. The molecule has 2 heterocycles. The zero-order chi connectivity index (χ0) is 23.3. The van der Waals surface area contributed by atoms with Crippen LogP contribution in [0, 0.1) is 40.2 Å². The molecule has 1 aliphatic carbocycles. The first kappa shape index (κ1) is 21.0. The lowest BCUT2D eigenvalue weighted by Crippen LogP contribution is -2.50. The van der Waals surface area contributed by atoms with Crippen LogP contribution in [0.2, 0.25) is 0 Å². The highest BCUT2D eigenvalue weighted by Crippen LogP contribution is 2.35. The molecule has 2 aromatic carbocycles. The van der Waals surface area contributed by atoms with Gasteiger partial charge in [0, 0.05) is 23.2 Å². The van der Waals surface area contributed by atoms with Crippen LogP contribution in [0.3, 0.4) is 0 Å². The second-order valence-corrected chi connectivity index (χ2v) is 8.74. The van der Waals surface area contributed by atoms with Crippen LogP contribution in [0.1, 0.15) is 30.4 Å². The molecule has 1 aromatic heterocycles. The lowest BCUT2D eigenvalue weighted by Gasteiger charge is -2.23. The quantitative estimate of drug-likeness (QED) is 0.531. The van der Waals surface area contributed by atoms with Gasteiger partial charge in [0.2, 0.25) is 5.91 Å². The molecule has 4 unspecified atom stereocenters. The van der Waals surface area contributed by atoms with Gasteiger partial charge in [-0.05, 0) is 60.4 Å². The van der Waals surface area contributed by atoms with E-state index in [0.717, 1.165) is 31.4 Å². The molecule has 0 spiro atoms. The van der Waals surface area contributed by atoms with Crippen molar-refractivity contribution in [1.82, 2.24) is 15.6 Å². The number of nitriles is 2. The van der Waals surface area contributed by atoms with Gasteiger partial charge in [-0.2, -0.15) is 10.5 Å². The van der Waals surface area contributed by atoms with Crippen LogP contribution in [0.4, 0.5) is 8.78 Å². The minimum atomic E-state index is -0.979. The fourth-order valence-electron chi connectivity index (χ4n) is 5.14. The molecule has 2 fully saturated rings. The van der Waals surface area contributed by atoms with Crippen molar-refractivity contribution in [2.75, 3.05) is 0 Å². The fourth-order valence-corrected chi connectivity index (χ4v) is 5.14. The average molecular weight is 447 g/mol. The second-order valence-electron chi connectivity index (χ2n) is 8.74. The predicted molar refractivity (Wildman–Crippen MR) is 116 cm³/mol. The molecular formula is C24H19F2N5O2. The summed E-state index contributed by atoms with van der Waals surface area (Å²) in [7, 11) is 0. The van der Waals surface area contributed by atoms with Gasteiger partial charge in [0.25, 0.3) is 5.56 Å². The molecule has 7 nitrogen and oxygen atoms in total. The summed E-state index contributed by atoms with van der Waals surface area (Å²) in [4.78, 5) is 27.7. The summed E-state index contributed by atoms with van der Waals surface area (Å²) in [5, 5.41) is 25.1. The number of benzene rings is 2. The summed E-state index contributed by atoms with van der Waals surface area (Å²) in [6, 6.07) is 7.64. The van der Waals surface area contributed by atoms with E-state index in [-0.39, 0.29) is 57.1 Å². The van der Waals surface area contributed by atoms with Gasteiger partial charge in [-0.3, -0.25) is 9.59 Å². The maximum absolute atomic E-state index is 15.0. The van der Waals surface area contributed by atoms with Crippen LogP contribution in [-0.4, -0.2) is 29.0 Å². The molecule has 1 saturated carbocycles. The van der Waals surface area contributed by atoms with Crippen LogP contribution >= 0.6 is 0 Å². The molecule has 1 saturated heterocycles. The van der Waals surface area contributed by atoms with Crippen molar-refractivity contribution < 1.29 is 13.6 Å². The van der Waals surface area contributed by atoms with E-state index < -0.39 is 23.2 Å². The van der Waals surface area contributed by atoms with Crippen molar-refractivity contribution in [2.45, 2.75) is 43.8 Å². The first-order valence-corrected chi connectivity index (χ1v) is 10.7. The normalized spacial score (nSPS) is 22.2. The van der Waals surface area contributed by atoms with Gasteiger partial charge in [0.15, 0.2) is 0 Å². The molecule has 166 valence electrons. The Kier molecular flexibility index (Phi) is 5.07. The molecule has 9 heteroatoms. The average Bonchev–Trinajstić information content (AvgIpc) is 3.44. The van der Waals surface area contributed by atoms with Crippen molar-refractivity contribution in [2.24, 2.45) is 5.92 Å². The highest BCUT2D eigenvalue weighted by atomic mass is 19.1. The largest absolute Gasteiger partial charge is 0.339 e. The summed E-state index contributed by atoms with van der Waals surface area (Å²) in [5.41, 5.74) is -0.610. The maximum Gasteiger partial charge on any atom is 0.256 e. The Morgan fingerprint density at radius 1 is 1.12 bits per heavy atom. The van der Waals surface area contributed by atoms with Crippen LogP contribution in [0.5, 0.6) is 0 Å². The number of fused-ring (bicyclic) bond motifs is 5. The number of piperidine rings is 1. The molecule has 33 heavy (non-hydrogen) atoms. The standard InChI is InChI=1S/C24H19F2N5O2/c25-19-8-16-17-3-11(9-27)4-20(26)22(17)31-23(32)18(16)7-13(19)6-15(10-28)30-24(33)21-12-1-2-14(5-12)29-21/h3-4,7-8,12,14-15,21,29H,1-2,5-6H2,(H,30,33)(H,31,32). The number of nitrogens with zero attached hydrogens (tertiary/aromatic N) is 2. The lowest BCUT2D eigenvalue weighted by molar-refractivity contribution is -0.124. The third-order valence-electron chi connectivity index (χ3n) is 6.72. The van der Waals surface area contributed by atoms with Gasteiger partial charge < -0.3 is 15.6 Å². The summed E-state index contributed by atoms with van der Waals surface area (Å²) in [6.07, 6.45) is 2.83. The minimum absolute atomic E-state index is 0.0410. The molecule has 2 aliphatic rings. The van der Waals surface area contributed by atoms with E-state index in [4.69, 9.17) is 5.26 Å². The Hall–Kier alpha value is -3.82. The van der Waals surface area contributed by atoms with Gasteiger partial charge in [0.05, 0.1) is 29.3 Å². The van der Waals surface area contributed by atoms with Gasteiger partial charge in [-0.25, -0.2) is 8.78 Å². The van der Waals surface area contributed by atoms with E-state index in [1.54, 1.807) is 0 Å². The SMILES string of the molecule is N#Cc1cc(F)c2[nH]c(=O)c3cc(CC(C#N)NC(=O)C4NC5CCC4C5)c(F)cc3c2c1. The number of pyridine rings is 1. The summed E-state index contributed by atoms with van der Waals surface area (Å²) in [5.74, 6) is -1.51. The summed E-state index contributed by atoms with van der Waals surface area (Å²) >= 11 is 0.